The third-order valence-corrected chi connectivity index (χ3v) is 3.26. The monoisotopic (exact) mass is 258 g/mol. The molecule has 0 saturated heterocycles. The minimum Gasteiger partial charge on any atom is -0.508 e. The molecule has 1 aliphatic heterocycles. The van der Waals surface area contributed by atoms with E-state index in [0.717, 1.165) is 11.3 Å². The van der Waals surface area contributed by atoms with E-state index in [4.69, 9.17) is 4.74 Å². The molecule has 4 nitrogen and oxygen atoms in total. The van der Waals surface area contributed by atoms with Gasteiger partial charge in [0.05, 0.1) is 6.10 Å². The third-order valence-electron chi connectivity index (χ3n) is 3.26. The Morgan fingerprint density at radius 1 is 1.00 bits per heavy atom. The fourth-order valence-corrected chi connectivity index (χ4v) is 2.41. The number of phenolic OH excluding ortho intramolecular Hbond substituents is 2. The first-order valence-electron chi connectivity index (χ1n) is 6.09. The second kappa shape index (κ2) is 4.48. The van der Waals surface area contributed by atoms with E-state index in [9.17, 15) is 15.3 Å². The molecule has 0 spiro atoms. The van der Waals surface area contributed by atoms with Gasteiger partial charge in [-0.15, -0.1) is 0 Å². The number of aliphatic hydroxyl groups is 1. The van der Waals surface area contributed by atoms with Crippen molar-refractivity contribution in [2.75, 3.05) is 0 Å². The summed E-state index contributed by atoms with van der Waals surface area (Å²) in [6.07, 6.45) is -0.818. The van der Waals surface area contributed by atoms with Gasteiger partial charge in [-0.2, -0.15) is 0 Å². The minimum absolute atomic E-state index is 0.0512. The van der Waals surface area contributed by atoms with Crippen molar-refractivity contribution in [2.45, 2.75) is 18.6 Å². The molecule has 0 saturated carbocycles. The van der Waals surface area contributed by atoms with E-state index in [1.807, 2.05) is 24.3 Å². The maximum atomic E-state index is 10.2. The van der Waals surface area contributed by atoms with Gasteiger partial charge in [0, 0.05) is 18.1 Å². The smallest absolute Gasteiger partial charge is 0.150 e. The topological polar surface area (TPSA) is 69.9 Å². The molecule has 1 heterocycles. The van der Waals surface area contributed by atoms with E-state index >= 15 is 0 Å². The first-order chi connectivity index (χ1) is 9.13. The number of fused-ring (bicyclic) bond motifs is 1. The molecule has 0 aromatic heterocycles. The van der Waals surface area contributed by atoms with E-state index in [2.05, 4.69) is 0 Å². The van der Waals surface area contributed by atoms with Crippen molar-refractivity contribution in [1.82, 2.24) is 0 Å². The number of hydrogen-bond acceptors (Lipinski definition) is 4. The van der Waals surface area contributed by atoms with Gasteiger partial charge in [0.25, 0.3) is 0 Å². The number of benzene rings is 2. The van der Waals surface area contributed by atoms with E-state index in [-0.39, 0.29) is 11.5 Å². The van der Waals surface area contributed by atoms with Gasteiger partial charge in [-0.05, 0) is 23.8 Å². The van der Waals surface area contributed by atoms with Crippen molar-refractivity contribution in [3.8, 4) is 17.2 Å². The molecular weight excluding hydrogens is 244 g/mol. The van der Waals surface area contributed by atoms with Gasteiger partial charge >= 0.3 is 0 Å². The van der Waals surface area contributed by atoms with Gasteiger partial charge < -0.3 is 20.1 Å². The maximum absolute atomic E-state index is 10.2. The van der Waals surface area contributed by atoms with Crippen molar-refractivity contribution in [3.05, 3.63) is 53.6 Å². The number of aromatic hydroxyl groups is 2. The lowest BCUT2D eigenvalue weighted by molar-refractivity contribution is 0.0206. The van der Waals surface area contributed by atoms with Gasteiger partial charge in [-0.3, -0.25) is 0 Å². The summed E-state index contributed by atoms with van der Waals surface area (Å²) in [7, 11) is 0. The minimum atomic E-state index is -0.712. The Bertz CT molecular complexity index is 589. The second-order valence-electron chi connectivity index (χ2n) is 4.70. The lowest BCUT2D eigenvalue weighted by Gasteiger charge is -2.30. The van der Waals surface area contributed by atoms with Gasteiger partial charge in [0.2, 0.25) is 0 Å². The average Bonchev–Trinajstić information content (AvgIpc) is 2.36. The fourth-order valence-electron chi connectivity index (χ4n) is 2.41. The van der Waals surface area contributed by atoms with Crippen LogP contribution in [-0.4, -0.2) is 21.4 Å². The highest BCUT2D eigenvalue weighted by Crippen LogP contribution is 2.36. The zero-order valence-corrected chi connectivity index (χ0v) is 10.2. The Morgan fingerprint density at radius 3 is 2.42 bits per heavy atom. The van der Waals surface area contributed by atoms with Crippen LogP contribution in [-0.2, 0) is 6.42 Å². The van der Waals surface area contributed by atoms with Crippen LogP contribution in [0, 0.1) is 0 Å². The molecule has 2 aromatic rings. The lowest BCUT2D eigenvalue weighted by atomic mass is 9.94. The van der Waals surface area contributed by atoms with Gasteiger partial charge in [0.15, 0.2) is 6.10 Å². The molecule has 0 fully saturated rings. The average molecular weight is 258 g/mol. The Balaban J connectivity index is 1.98. The SMILES string of the molecule is Oc1cc(O)cc(C2Oc3ccccc3C[C@@H]2O)c1. The van der Waals surface area contributed by atoms with E-state index in [1.165, 1.54) is 18.2 Å². The van der Waals surface area contributed by atoms with Crippen molar-refractivity contribution < 1.29 is 20.1 Å². The predicted molar refractivity (Wildman–Crippen MR) is 69.3 cm³/mol. The molecule has 3 rings (SSSR count). The van der Waals surface area contributed by atoms with Gasteiger partial charge in [-0.25, -0.2) is 0 Å². The van der Waals surface area contributed by atoms with Gasteiger partial charge in [0.1, 0.15) is 17.2 Å². The van der Waals surface area contributed by atoms with Crippen LogP contribution >= 0.6 is 0 Å². The Hall–Kier alpha value is -2.20. The molecule has 1 unspecified atom stereocenters. The molecule has 98 valence electrons. The standard InChI is InChI=1S/C15H14O4/c16-11-5-10(6-12(17)8-11)15-13(18)7-9-3-1-2-4-14(9)19-15/h1-6,8,13,15-18H,7H2/t13-,15?/m0/s1. The van der Waals surface area contributed by atoms with Crippen LogP contribution in [0.15, 0.2) is 42.5 Å². The first kappa shape index (κ1) is 11.9. The molecular formula is C15H14O4. The summed E-state index contributed by atoms with van der Waals surface area (Å²) in [5.74, 6) is 0.620. The molecule has 4 heteroatoms. The number of ether oxygens (including phenoxy) is 1. The summed E-state index contributed by atoms with van der Waals surface area (Å²) < 4.78 is 5.77. The molecule has 0 radical (unpaired) electrons. The number of rotatable bonds is 1. The first-order valence-corrected chi connectivity index (χ1v) is 6.09. The lowest BCUT2D eigenvalue weighted by Crippen LogP contribution is -2.30. The molecule has 2 aromatic carbocycles. The van der Waals surface area contributed by atoms with Crippen molar-refractivity contribution in [3.63, 3.8) is 0 Å². The van der Waals surface area contributed by atoms with Crippen LogP contribution in [0.3, 0.4) is 0 Å². The van der Waals surface area contributed by atoms with Crippen LogP contribution in [0.4, 0.5) is 0 Å². The molecule has 3 N–H and O–H groups in total. The summed E-state index contributed by atoms with van der Waals surface area (Å²) in [4.78, 5) is 0. The zero-order valence-electron chi connectivity index (χ0n) is 10.2. The Morgan fingerprint density at radius 2 is 1.68 bits per heavy atom. The molecule has 0 amide bonds. The van der Waals surface area contributed by atoms with Crippen LogP contribution in [0.1, 0.15) is 17.2 Å². The molecule has 19 heavy (non-hydrogen) atoms. The predicted octanol–water partition coefficient (Wildman–Crippen LogP) is 2.13. The summed E-state index contributed by atoms with van der Waals surface area (Å²) in [6.45, 7) is 0. The fraction of sp³-hybridized carbons (Fsp3) is 0.200. The number of aliphatic hydroxyl groups excluding tert-OH is 1. The molecule has 0 aliphatic carbocycles. The van der Waals surface area contributed by atoms with Crippen LogP contribution < -0.4 is 4.74 Å². The van der Waals surface area contributed by atoms with Crippen LogP contribution in [0.2, 0.25) is 0 Å². The number of para-hydroxylation sites is 1. The summed E-state index contributed by atoms with van der Waals surface area (Å²) in [6, 6.07) is 11.7. The highest BCUT2D eigenvalue weighted by Gasteiger charge is 2.30. The Kier molecular flexibility index (Phi) is 2.80. The summed E-state index contributed by atoms with van der Waals surface area (Å²) in [5, 5.41) is 29.2. The van der Waals surface area contributed by atoms with E-state index in [1.54, 1.807) is 0 Å². The molecule has 0 bridgehead atoms. The highest BCUT2D eigenvalue weighted by molar-refractivity contribution is 5.41. The zero-order chi connectivity index (χ0) is 13.4. The number of phenols is 2. The summed E-state index contributed by atoms with van der Waals surface area (Å²) in [5.41, 5.74) is 1.51. The van der Waals surface area contributed by atoms with E-state index in [0.29, 0.717) is 12.0 Å². The van der Waals surface area contributed by atoms with Crippen LogP contribution in [0.5, 0.6) is 17.2 Å². The Labute approximate surface area is 110 Å². The quantitative estimate of drug-likeness (QED) is 0.733. The highest BCUT2D eigenvalue weighted by atomic mass is 16.5. The second-order valence-corrected chi connectivity index (χ2v) is 4.70. The van der Waals surface area contributed by atoms with E-state index < -0.39 is 12.2 Å². The van der Waals surface area contributed by atoms with Crippen molar-refractivity contribution in [1.29, 1.82) is 0 Å². The van der Waals surface area contributed by atoms with Crippen molar-refractivity contribution >= 4 is 0 Å². The van der Waals surface area contributed by atoms with Crippen LogP contribution in [0.25, 0.3) is 0 Å². The molecule has 1 aliphatic rings. The summed E-state index contributed by atoms with van der Waals surface area (Å²) >= 11 is 0. The normalized spacial score (nSPS) is 21.5. The van der Waals surface area contributed by atoms with Crippen molar-refractivity contribution in [2.24, 2.45) is 0 Å². The van der Waals surface area contributed by atoms with Gasteiger partial charge in [-0.1, -0.05) is 18.2 Å². The maximum Gasteiger partial charge on any atom is 0.150 e. The largest absolute Gasteiger partial charge is 0.508 e. The number of hydrogen-bond donors (Lipinski definition) is 3. The third kappa shape index (κ3) is 2.22. The molecule has 2 atom stereocenters.